The van der Waals surface area contributed by atoms with Crippen molar-refractivity contribution in [1.29, 1.82) is 0 Å². The maximum Gasteiger partial charge on any atom is 0.191 e. The molecule has 164 valence electrons. The van der Waals surface area contributed by atoms with Crippen molar-refractivity contribution >= 4 is 29.9 Å². The summed E-state index contributed by atoms with van der Waals surface area (Å²) >= 11 is 0. The van der Waals surface area contributed by atoms with E-state index in [1.165, 1.54) is 17.7 Å². The summed E-state index contributed by atoms with van der Waals surface area (Å²) in [5.41, 5.74) is 2.79. The van der Waals surface area contributed by atoms with Crippen LogP contribution in [0.3, 0.4) is 0 Å². The fourth-order valence-corrected chi connectivity index (χ4v) is 3.19. The lowest BCUT2D eigenvalue weighted by Crippen LogP contribution is -2.38. The molecule has 0 radical (unpaired) electrons. The van der Waals surface area contributed by atoms with E-state index >= 15 is 0 Å². The standard InChI is InChI=1S/C22H28FN3O3.HI/c1-3-24-22(25-10-8-16-4-6-20(27-2)7-5-16)26-11-9-17-12-19(23)13-18-14-28-15-29-21(17)18;/h4-7,12-13H,3,8-11,14-15H2,1-2H3,(H2,24,25,26);1H. The zero-order valence-electron chi connectivity index (χ0n) is 17.4. The first-order valence-corrected chi connectivity index (χ1v) is 9.86. The van der Waals surface area contributed by atoms with E-state index in [0.717, 1.165) is 48.1 Å². The Balaban J connectivity index is 0.00000320. The zero-order valence-corrected chi connectivity index (χ0v) is 19.7. The third-order valence-electron chi connectivity index (χ3n) is 4.61. The van der Waals surface area contributed by atoms with Crippen LogP contribution in [0, 0.1) is 5.82 Å². The molecule has 0 spiro atoms. The molecule has 8 heteroatoms. The quantitative estimate of drug-likeness (QED) is 0.311. The van der Waals surface area contributed by atoms with Gasteiger partial charge in [-0.2, -0.15) is 0 Å². The van der Waals surface area contributed by atoms with Crippen molar-refractivity contribution in [2.75, 3.05) is 33.5 Å². The van der Waals surface area contributed by atoms with Gasteiger partial charge in [-0.3, -0.25) is 4.99 Å². The molecule has 1 aliphatic rings. The molecule has 0 saturated heterocycles. The van der Waals surface area contributed by atoms with Crippen molar-refractivity contribution in [3.05, 3.63) is 58.9 Å². The molecule has 0 unspecified atom stereocenters. The first kappa shape index (κ1) is 24.2. The van der Waals surface area contributed by atoms with Crippen LogP contribution in [0.4, 0.5) is 4.39 Å². The molecule has 30 heavy (non-hydrogen) atoms. The molecule has 2 N–H and O–H groups in total. The predicted octanol–water partition coefficient (Wildman–Crippen LogP) is 3.66. The number of aliphatic imine (C=N–C) groups is 1. The third kappa shape index (κ3) is 7.02. The Morgan fingerprint density at radius 1 is 1.17 bits per heavy atom. The lowest BCUT2D eigenvalue weighted by Gasteiger charge is -2.20. The predicted molar refractivity (Wildman–Crippen MR) is 126 cm³/mol. The van der Waals surface area contributed by atoms with Crippen LogP contribution in [0.25, 0.3) is 0 Å². The second kappa shape index (κ2) is 12.6. The van der Waals surface area contributed by atoms with Gasteiger partial charge < -0.3 is 24.8 Å². The summed E-state index contributed by atoms with van der Waals surface area (Å²) in [5, 5.41) is 6.58. The van der Waals surface area contributed by atoms with E-state index in [4.69, 9.17) is 14.2 Å². The van der Waals surface area contributed by atoms with Crippen molar-refractivity contribution in [3.63, 3.8) is 0 Å². The maximum atomic E-state index is 13.9. The number of rotatable bonds is 8. The van der Waals surface area contributed by atoms with E-state index in [9.17, 15) is 4.39 Å². The number of guanidine groups is 1. The van der Waals surface area contributed by atoms with E-state index < -0.39 is 0 Å². The lowest BCUT2D eigenvalue weighted by molar-refractivity contribution is -0.0172. The van der Waals surface area contributed by atoms with E-state index in [-0.39, 0.29) is 36.6 Å². The maximum absolute atomic E-state index is 13.9. The molecule has 3 rings (SSSR count). The number of fused-ring (bicyclic) bond motifs is 1. The van der Waals surface area contributed by atoms with Gasteiger partial charge in [0.05, 0.1) is 13.7 Å². The summed E-state index contributed by atoms with van der Waals surface area (Å²) in [6.45, 7) is 4.65. The van der Waals surface area contributed by atoms with Crippen molar-refractivity contribution in [1.82, 2.24) is 10.6 Å². The van der Waals surface area contributed by atoms with Crippen LogP contribution < -0.4 is 20.1 Å². The van der Waals surface area contributed by atoms with Crippen LogP contribution in [0.2, 0.25) is 0 Å². The van der Waals surface area contributed by atoms with Gasteiger partial charge in [0.15, 0.2) is 12.8 Å². The molecule has 0 amide bonds. The van der Waals surface area contributed by atoms with E-state index in [1.807, 2.05) is 19.1 Å². The number of halogens is 2. The van der Waals surface area contributed by atoms with Gasteiger partial charge in [0, 0.05) is 25.2 Å². The minimum atomic E-state index is -0.277. The fourth-order valence-electron chi connectivity index (χ4n) is 3.19. The second-order valence-electron chi connectivity index (χ2n) is 6.70. The van der Waals surface area contributed by atoms with Crippen molar-refractivity contribution in [2.24, 2.45) is 4.99 Å². The summed E-state index contributed by atoms with van der Waals surface area (Å²) < 4.78 is 29.8. The molecule has 6 nitrogen and oxygen atoms in total. The zero-order chi connectivity index (χ0) is 20.5. The summed E-state index contributed by atoms with van der Waals surface area (Å²) in [6.07, 6.45) is 1.47. The molecule has 2 aromatic rings. The van der Waals surface area contributed by atoms with Crippen LogP contribution in [0.15, 0.2) is 41.4 Å². The number of hydrogen-bond donors (Lipinski definition) is 2. The van der Waals surface area contributed by atoms with Crippen molar-refractivity contribution in [3.8, 4) is 11.5 Å². The molecule has 0 saturated carbocycles. The van der Waals surface area contributed by atoms with Gasteiger partial charge in [0.2, 0.25) is 0 Å². The summed E-state index contributed by atoms with van der Waals surface area (Å²) in [6, 6.07) is 11.0. The minimum Gasteiger partial charge on any atom is -0.497 e. The lowest BCUT2D eigenvalue weighted by atomic mass is 10.1. The molecule has 0 atom stereocenters. The molecular formula is C22H29FIN3O3. The average molecular weight is 529 g/mol. The normalized spacial score (nSPS) is 13.0. The highest BCUT2D eigenvalue weighted by atomic mass is 127. The van der Waals surface area contributed by atoms with Gasteiger partial charge in [-0.15, -0.1) is 24.0 Å². The van der Waals surface area contributed by atoms with Gasteiger partial charge in [0.25, 0.3) is 0 Å². The fraction of sp³-hybridized carbons (Fsp3) is 0.409. The monoisotopic (exact) mass is 529 g/mol. The molecular weight excluding hydrogens is 500 g/mol. The SMILES string of the molecule is CCNC(=NCCc1cc(F)cc2c1OCOC2)NCCc1ccc(OC)cc1.I. The molecule has 2 aromatic carbocycles. The Morgan fingerprint density at radius 3 is 2.70 bits per heavy atom. The van der Waals surface area contributed by atoms with E-state index in [1.54, 1.807) is 7.11 Å². The summed E-state index contributed by atoms with van der Waals surface area (Å²) in [4.78, 5) is 4.61. The van der Waals surface area contributed by atoms with Gasteiger partial charge in [-0.05, 0) is 55.2 Å². The smallest absolute Gasteiger partial charge is 0.191 e. The van der Waals surface area contributed by atoms with E-state index in [2.05, 4.69) is 27.8 Å². The number of benzene rings is 2. The molecule has 1 heterocycles. The Hall–Kier alpha value is -2.07. The van der Waals surface area contributed by atoms with E-state index in [0.29, 0.717) is 19.6 Å². The Morgan fingerprint density at radius 2 is 1.97 bits per heavy atom. The highest BCUT2D eigenvalue weighted by molar-refractivity contribution is 14.0. The molecule has 1 aliphatic heterocycles. The third-order valence-corrected chi connectivity index (χ3v) is 4.61. The second-order valence-corrected chi connectivity index (χ2v) is 6.70. The van der Waals surface area contributed by atoms with Crippen LogP contribution in [0.1, 0.15) is 23.6 Å². The number of nitrogens with one attached hydrogen (secondary N) is 2. The Kier molecular flexibility index (Phi) is 10.2. The Bertz CT molecular complexity index is 831. The first-order chi connectivity index (χ1) is 14.2. The van der Waals surface area contributed by atoms with Gasteiger partial charge >= 0.3 is 0 Å². The largest absolute Gasteiger partial charge is 0.497 e. The molecule has 0 aromatic heterocycles. The van der Waals surface area contributed by atoms with Gasteiger partial charge in [-0.1, -0.05) is 12.1 Å². The average Bonchev–Trinajstić information content (AvgIpc) is 2.74. The van der Waals surface area contributed by atoms with Crippen molar-refractivity contribution in [2.45, 2.75) is 26.4 Å². The Labute approximate surface area is 194 Å². The first-order valence-electron chi connectivity index (χ1n) is 9.86. The number of ether oxygens (including phenoxy) is 3. The molecule has 0 aliphatic carbocycles. The van der Waals surface area contributed by atoms with Crippen LogP contribution in [-0.4, -0.2) is 39.5 Å². The number of hydrogen-bond acceptors (Lipinski definition) is 4. The van der Waals surface area contributed by atoms with Crippen LogP contribution >= 0.6 is 24.0 Å². The van der Waals surface area contributed by atoms with Gasteiger partial charge in [-0.25, -0.2) is 4.39 Å². The highest BCUT2D eigenvalue weighted by Crippen LogP contribution is 2.29. The number of methoxy groups -OCH3 is 1. The van der Waals surface area contributed by atoms with Crippen LogP contribution in [0.5, 0.6) is 11.5 Å². The highest BCUT2D eigenvalue weighted by Gasteiger charge is 2.16. The molecule has 0 bridgehead atoms. The summed E-state index contributed by atoms with van der Waals surface area (Å²) in [5.74, 6) is 2.05. The summed E-state index contributed by atoms with van der Waals surface area (Å²) in [7, 11) is 1.66. The molecule has 0 fully saturated rings. The topological polar surface area (TPSA) is 64.1 Å². The van der Waals surface area contributed by atoms with Crippen molar-refractivity contribution < 1.29 is 18.6 Å². The minimum absolute atomic E-state index is 0. The van der Waals surface area contributed by atoms with Crippen LogP contribution in [-0.2, 0) is 24.2 Å². The van der Waals surface area contributed by atoms with Gasteiger partial charge in [0.1, 0.15) is 17.3 Å². The number of nitrogens with zero attached hydrogens (tertiary/aromatic N) is 1.